The Morgan fingerprint density at radius 3 is 1.89 bits per heavy atom. The van der Waals surface area contributed by atoms with Crippen molar-refractivity contribution in [2.24, 2.45) is 5.92 Å². The van der Waals surface area contributed by atoms with Gasteiger partial charge in [-0.2, -0.15) is 0 Å². The van der Waals surface area contributed by atoms with E-state index in [-0.39, 0.29) is 56.5 Å². The Morgan fingerprint density at radius 1 is 0.685 bits per heavy atom. The fourth-order valence-corrected chi connectivity index (χ4v) is 6.20. The van der Waals surface area contributed by atoms with Crippen LogP contribution in [0.2, 0.25) is 0 Å². The monoisotopic (exact) mass is 741 g/mol. The highest BCUT2D eigenvalue weighted by Gasteiger charge is 2.31. The molecule has 0 radical (unpaired) electrons. The van der Waals surface area contributed by atoms with Crippen LogP contribution in [0.3, 0.4) is 0 Å². The van der Waals surface area contributed by atoms with E-state index in [2.05, 4.69) is 26.6 Å². The van der Waals surface area contributed by atoms with Gasteiger partial charge in [-0.25, -0.2) is 9.59 Å². The molecule has 5 amide bonds. The highest BCUT2D eigenvalue weighted by molar-refractivity contribution is 5.94. The maximum absolute atomic E-state index is 13.5. The van der Waals surface area contributed by atoms with E-state index < -0.39 is 60.4 Å². The normalized spacial score (nSPS) is 13.3. The summed E-state index contributed by atoms with van der Waals surface area (Å²) in [6.07, 6.45) is -1.20. The number of nitrogens with one attached hydrogen (secondary N) is 5. The number of benzene rings is 3. The van der Waals surface area contributed by atoms with Gasteiger partial charge >= 0.3 is 12.1 Å². The number of carbonyl (C=O) groups excluding carboxylic acids is 6. The van der Waals surface area contributed by atoms with E-state index in [9.17, 15) is 38.7 Å². The molecule has 3 atom stereocenters. The molecule has 1 aliphatic carbocycles. The van der Waals surface area contributed by atoms with Crippen molar-refractivity contribution in [3.63, 3.8) is 0 Å². The maximum atomic E-state index is 13.5. The van der Waals surface area contributed by atoms with Crippen LogP contribution in [0.15, 0.2) is 78.9 Å². The van der Waals surface area contributed by atoms with Crippen molar-refractivity contribution in [3.8, 4) is 11.1 Å². The Kier molecular flexibility index (Phi) is 14.8. The van der Waals surface area contributed by atoms with E-state index in [1.54, 1.807) is 30.3 Å². The van der Waals surface area contributed by atoms with E-state index in [0.717, 1.165) is 27.8 Å². The molecule has 0 saturated heterocycles. The fraction of sp³-hybridized carbons (Fsp3) is 0.375. The van der Waals surface area contributed by atoms with Crippen molar-refractivity contribution in [2.45, 2.75) is 70.5 Å². The third-order valence-electron chi connectivity index (χ3n) is 8.83. The molecule has 0 saturated carbocycles. The van der Waals surface area contributed by atoms with E-state index in [1.807, 2.05) is 62.4 Å². The first-order chi connectivity index (χ1) is 25.8. The summed E-state index contributed by atoms with van der Waals surface area (Å²) in [5.74, 6) is -4.34. The Hall–Kier alpha value is -6.05. The molecule has 0 fully saturated rings. The molecule has 0 heterocycles. The molecule has 0 bridgehead atoms. The van der Waals surface area contributed by atoms with Crippen LogP contribution < -0.4 is 26.6 Å². The zero-order valence-corrected chi connectivity index (χ0v) is 30.6. The van der Waals surface area contributed by atoms with Gasteiger partial charge in [0.25, 0.3) is 0 Å². The van der Waals surface area contributed by atoms with Gasteiger partial charge in [-0.05, 0) is 53.5 Å². The highest BCUT2D eigenvalue weighted by atomic mass is 16.5. The first-order valence-electron chi connectivity index (χ1n) is 17.8. The second-order valence-electron chi connectivity index (χ2n) is 13.6. The summed E-state index contributed by atoms with van der Waals surface area (Å²) in [4.78, 5) is 87.9. The van der Waals surface area contributed by atoms with E-state index in [1.165, 1.54) is 6.92 Å². The van der Waals surface area contributed by atoms with Crippen LogP contribution in [0.25, 0.3) is 11.1 Å². The number of hydrogen-bond acceptors (Lipinski definition) is 8. The average Bonchev–Trinajstić information content (AvgIpc) is 3.46. The van der Waals surface area contributed by atoms with Gasteiger partial charge in [-0.1, -0.05) is 92.7 Å². The largest absolute Gasteiger partial charge is 0.480 e. The fourth-order valence-electron chi connectivity index (χ4n) is 6.20. The summed E-state index contributed by atoms with van der Waals surface area (Å²) in [6.45, 7) is 4.35. The number of aliphatic carboxylic acids is 1. The van der Waals surface area contributed by atoms with Gasteiger partial charge in [0.2, 0.25) is 23.6 Å². The van der Waals surface area contributed by atoms with Crippen molar-refractivity contribution < 1.29 is 43.4 Å². The Morgan fingerprint density at radius 2 is 1.30 bits per heavy atom. The second kappa shape index (κ2) is 19.7. The van der Waals surface area contributed by atoms with Crippen molar-refractivity contribution in [1.82, 2.24) is 26.6 Å². The van der Waals surface area contributed by atoms with E-state index >= 15 is 0 Å². The third-order valence-corrected chi connectivity index (χ3v) is 8.83. The maximum Gasteiger partial charge on any atom is 0.407 e. The topological polar surface area (TPSA) is 209 Å². The molecule has 14 nitrogen and oxygen atoms in total. The van der Waals surface area contributed by atoms with Crippen molar-refractivity contribution >= 4 is 41.5 Å². The van der Waals surface area contributed by atoms with Crippen LogP contribution in [0, 0.1) is 5.92 Å². The number of amides is 5. The molecular formula is C40H47N5O9. The number of carbonyl (C=O) groups is 7. The number of alkyl carbamates (subject to hydrolysis) is 1. The zero-order valence-electron chi connectivity index (χ0n) is 30.6. The second-order valence-corrected chi connectivity index (χ2v) is 13.6. The molecule has 1 aliphatic rings. The number of ketones is 1. The third kappa shape index (κ3) is 12.0. The lowest BCUT2D eigenvalue weighted by atomic mass is 9.98. The highest BCUT2D eigenvalue weighted by Crippen LogP contribution is 2.44. The lowest BCUT2D eigenvalue weighted by Crippen LogP contribution is -2.56. The number of Topliss-reactive ketones (excluding diaryl/α,β-unsaturated/α-hetero) is 1. The zero-order chi connectivity index (χ0) is 39.2. The Labute approximate surface area is 313 Å². The number of ether oxygens (including phenoxy) is 1. The molecule has 4 rings (SSSR count). The van der Waals surface area contributed by atoms with Gasteiger partial charge in [0.05, 0.1) is 13.1 Å². The summed E-state index contributed by atoms with van der Waals surface area (Å²) in [5, 5.41) is 22.3. The first-order valence-corrected chi connectivity index (χ1v) is 17.8. The molecule has 286 valence electrons. The summed E-state index contributed by atoms with van der Waals surface area (Å²) >= 11 is 0. The van der Waals surface area contributed by atoms with Crippen molar-refractivity contribution in [3.05, 3.63) is 95.6 Å². The minimum absolute atomic E-state index is 0.0173. The van der Waals surface area contributed by atoms with Gasteiger partial charge in [0.1, 0.15) is 30.5 Å². The average molecular weight is 742 g/mol. The smallest absolute Gasteiger partial charge is 0.407 e. The minimum Gasteiger partial charge on any atom is -0.480 e. The Balaban J connectivity index is 1.28. The van der Waals surface area contributed by atoms with Crippen LogP contribution in [0.4, 0.5) is 4.79 Å². The molecule has 54 heavy (non-hydrogen) atoms. The molecular weight excluding hydrogens is 694 g/mol. The minimum atomic E-state index is -1.44. The lowest BCUT2D eigenvalue weighted by Gasteiger charge is -2.24. The molecule has 3 unspecified atom stereocenters. The standard InChI is InChI=1S/C40H47N5O9/c1-24(2)19-33(37(49)42-21-25(3)46)44-38(50)34(20-26-11-5-4-6-12-26)43-36(48)22-41-35(47)18-17-32(39(51)52)45-40(53)54-23-31-29-15-9-7-13-27(29)28-14-8-10-16-30(28)31/h4-16,24,31-34H,17-23H2,1-3H3,(H,41,47)(H,42,49)(H,43,48)(H,44,50)(H,45,53)(H,51,52). The predicted molar refractivity (Wildman–Crippen MR) is 199 cm³/mol. The molecule has 14 heteroatoms. The van der Waals surface area contributed by atoms with E-state index in [4.69, 9.17) is 4.74 Å². The number of carboxylic acids is 1. The molecule has 0 aromatic heterocycles. The molecule has 0 spiro atoms. The number of fused-ring (bicyclic) bond motifs is 3. The number of rotatable bonds is 19. The quantitative estimate of drug-likeness (QED) is 0.107. The van der Waals surface area contributed by atoms with Crippen molar-refractivity contribution in [1.29, 1.82) is 0 Å². The van der Waals surface area contributed by atoms with Crippen LogP contribution in [-0.2, 0) is 39.9 Å². The van der Waals surface area contributed by atoms with Crippen LogP contribution in [-0.4, -0.2) is 84.4 Å². The number of hydrogen-bond donors (Lipinski definition) is 6. The molecule has 3 aromatic rings. The SMILES string of the molecule is CC(=O)CNC(=O)C(CC(C)C)NC(=O)C(Cc1ccccc1)NC(=O)CNC(=O)CCC(NC(=O)OCC1c2ccccc2-c2ccccc21)C(=O)O. The van der Waals surface area contributed by atoms with Crippen LogP contribution in [0.5, 0.6) is 0 Å². The van der Waals surface area contributed by atoms with Crippen LogP contribution >= 0.6 is 0 Å². The van der Waals surface area contributed by atoms with Gasteiger partial charge in [0, 0.05) is 18.8 Å². The van der Waals surface area contributed by atoms with Crippen molar-refractivity contribution in [2.75, 3.05) is 19.7 Å². The van der Waals surface area contributed by atoms with Gasteiger partial charge in [0.15, 0.2) is 0 Å². The number of carboxylic acid groups (broad SMARTS) is 1. The van der Waals surface area contributed by atoms with Gasteiger partial charge in [-0.15, -0.1) is 0 Å². The van der Waals surface area contributed by atoms with Crippen LogP contribution in [0.1, 0.15) is 62.6 Å². The predicted octanol–water partition coefficient (Wildman–Crippen LogP) is 2.84. The summed E-state index contributed by atoms with van der Waals surface area (Å²) in [6, 6.07) is 20.9. The Bertz CT molecular complexity index is 1790. The molecule has 3 aromatic carbocycles. The van der Waals surface area contributed by atoms with E-state index in [0.29, 0.717) is 0 Å². The first kappa shape index (κ1) is 40.7. The molecule has 0 aliphatic heterocycles. The van der Waals surface area contributed by atoms with Gasteiger partial charge in [-0.3, -0.25) is 24.0 Å². The molecule has 6 N–H and O–H groups in total. The van der Waals surface area contributed by atoms with Gasteiger partial charge < -0.3 is 36.4 Å². The lowest BCUT2D eigenvalue weighted by molar-refractivity contribution is -0.139. The summed E-state index contributed by atoms with van der Waals surface area (Å²) < 4.78 is 5.45. The summed E-state index contributed by atoms with van der Waals surface area (Å²) in [7, 11) is 0. The summed E-state index contributed by atoms with van der Waals surface area (Å²) in [5.41, 5.74) is 4.81.